The summed E-state index contributed by atoms with van der Waals surface area (Å²) in [5.41, 5.74) is 4.16. The van der Waals surface area contributed by atoms with Crippen molar-refractivity contribution in [3.8, 4) is 5.75 Å². The Balaban J connectivity index is 1.55. The average Bonchev–Trinajstić information content (AvgIpc) is 2.98. The van der Waals surface area contributed by atoms with E-state index in [1.165, 1.54) is 11.1 Å². The Hall–Kier alpha value is -2.53. The first-order valence-electron chi connectivity index (χ1n) is 10.0. The number of rotatable bonds is 5. The van der Waals surface area contributed by atoms with E-state index in [4.69, 9.17) is 26.4 Å². The lowest BCUT2D eigenvalue weighted by atomic mass is 9.87. The number of ether oxygens (including phenoxy) is 1. The van der Waals surface area contributed by atoms with Gasteiger partial charge in [-0.05, 0) is 38.2 Å². The molecule has 6 heteroatoms. The number of aromatic nitrogens is 2. The van der Waals surface area contributed by atoms with E-state index in [1.807, 2.05) is 23.7 Å². The molecule has 1 fully saturated rings. The van der Waals surface area contributed by atoms with E-state index in [1.54, 1.807) is 0 Å². The maximum atomic E-state index is 11.1. The number of carboxylic acid groups (broad SMARTS) is 1. The van der Waals surface area contributed by atoms with E-state index in [0.29, 0.717) is 23.6 Å². The van der Waals surface area contributed by atoms with Crippen LogP contribution in [-0.2, 0) is 18.3 Å². The van der Waals surface area contributed by atoms with Crippen molar-refractivity contribution in [1.29, 1.82) is 0 Å². The summed E-state index contributed by atoms with van der Waals surface area (Å²) in [5, 5.41) is 9.76. The predicted molar refractivity (Wildman–Crippen MR) is 114 cm³/mol. The van der Waals surface area contributed by atoms with Gasteiger partial charge in [0.05, 0.1) is 28.1 Å². The zero-order valence-corrected chi connectivity index (χ0v) is 17.4. The Bertz CT molecular complexity index is 1050. The summed E-state index contributed by atoms with van der Waals surface area (Å²) in [4.78, 5) is 15.9. The molecule has 1 aromatic heterocycles. The summed E-state index contributed by atoms with van der Waals surface area (Å²) < 4.78 is 8.17. The van der Waals surface area contributed by atoms with Crippen LogP contribution in [-0.4, -0.2) is 26.7 Å². The fourth-order valence-electron chi connectivity index (χ4n) is 4.17. The predicted octanol–water partition coefficient (Wildman–Crippen LogP) is 5.15. The molecule has 1 aliphatic carbocycles. The highest BCUT2D eigenvalue weighted by Crippen LogP contribution is 2.33. The molecule has 3 aromatic rings. The van der Waals surface area contributed by atoms with E-state index >= 15 is 0 Å². The van der Waals surface area contributed by atoms with Crippen LogP contribution in [0.2, 0.25) is 5.02 Å². The van der Waals surface area contributed by atoms with Crippen LogP contribution in [0.4, 0.5) is 0 Å². The molecule has 0 unspecified atom stereocenters. The standard InChI is InChI=1S/C23H25ClN2O3/c1-14-4-3-5-15(10-14)11-21-25-20-13-18(12-19(24)22(20)26(21)2)29-17-8-6-16(7-9-17)23(27)28/h3-5,10,12-13,16-17H,6-9,11H2,1-2H3,(H,27,28)/t16-,17+. The molecule has 29 heavy (non-hydrogen) atoms. The molecule has 4 rings (SSSR count). The summed E-state index contributed by atoms with van der Waals surface area (Å²) in [7, 11) is 1.99. The number of fused-ring (bicyclic) bond motifs is 1. The molecule has 0 saturated heterocycles. The van der Waals surface area contributed by atoms with Gasteiger partial charge in [0.1, 0.15) is 11.6 Å². The van der Waals surface area contributed by atoms with Gasteiger partial charge in [-0.25, -0.2) is 4.98 Å². The van der Waals surface area contributed by atoms with Crippen molar-refractivity contribution in [2.45, 2.75) is 45.1 Å². The van der Waals surface area contributed by atoms with Gasteiger partial charge in [-0.15, -0.1) is 0 Å². The quantitative estimate of drug-likeness (QED) is 0.629. The molecule has 0 radical (unpaired) electrons. The summed E-state index contributed by atoms with van der Waals surface area (Å²) in [5.74, 6) is 0.691. The molecule has 0 spiro atoms. The topological polar surface area (TPSA) is 64.3 Å². The maximum Gasteiger partial charge on any atom is 0.306 e. The first kappa shape index (κ1) is 19.8. The molecule has 5 nitrogen and oxygen atoms in total. The van der Waals surface area contributed by atoms with Crippen LogP contribution >= 0.6 is 11.6 Å². The lowest BCUT2D eigenvalue weighted by Gasteiger charge is -2.26. The number of imidazole rings is 1. The van der Waals surface area contributed by atoms with Crippen molar-refractivity contribution in [3.63, 3.8) is 0 Å². The van der Waals surface area contributed by atoms with Crippen molar-refractivity contribution in [3.05, 3.63) is 58.4 Å². The Morgan fingerprint density at radius 2 is 2.00 bits per heavy atom. The summed E-state index contributed by atoms with van der Waals surface area (Å²) in [6.07, 6.45) is 3.55. The number of carbonyl (C=O) groups is 1. The Kier molecular flexibility index (Phi) is 5.50. The SMILES string of the molecule is Cc1cccc(Cc2nc3cc(O[C@H]4CC[C@@H](C(=O)O)CC4)cc(Cl)c3n2C)c1. The van der Waals surface area contributed by atoms with Crippen molar-refractivity contribution in [2.24, 2.45) is 13.0 Å². The van der Waals surface area contributed by atoms with Gasteiger partial charge >= 0.3 is 5.97 Å². The van der Waals surface area contributed by atoms with Crippen molar-refractivity contribution >= 4 is 28.6 Å². The van der Waals surface area contributed by atoms with Crippen LogP contribution in [0, 0.1) is 12.8 Å². The monoisotopic (exact) mass is 412 g/mol. The molecule has 0 bridgehead atoms. The maximum absolute atomic E-state index is 11.1. The highest BCUT2D eigenvalue weighted by Gasteiger charge is 2.27. The fraction of sp³-hybridized carbons (Fsp3) is 0.391. The minimum atomic E-state index is -0.706. The van der Waals surface area contributed by atoms with Crippen LogP contribution in [0.5, 0.6) is 5.75 Å². The Labute approximate surface area is 175 Å². The number of hydrogen-bond acceptors (Lipinski definition) is 3. The van der Waals surface area contributed by atoms with Crippen LogP contribution in [0.25, 0.3) is 11.0 Å². The first-order valence-corrected chi connectivity index (χ1v) is 10.4. The first-order chi connectivity index (χ1) is 13.9. The van der Waals surface area contributed by atoms with Gasteiger partial charge in [-0.2, -0.15) is 0 Å². The average molecular weight is 413 g/mol. The smallest absolute Gasteiger partial charge is 0.306 e. The van der Waals surface area contributed by atoms with E-state index < -0.39 is 5.97 Å². The third-order valence-electron chi connectivity index (χ3n) is 5.76. The number of hydrogen-bond donors (Lipinski definition) is 1. The van der Waals surface area contributed by atoms with Gasteiger partial charge in [-0.3, -0.25) is 4.79 Å². The molecule has 1 saturated carbocycles. The number of aliphatic carboxylic acids is 1. The molecule has 0 amide bonds. The molecule has 0 aliphatic heterocycles. The van der Waals surface area contributed by atoms with Crippen LogP contribution in [0.1, 0.15) is 42.6 Å². The van der Waals surface area contributed by atoms with E-state index in [2.05, 4.69) is 31.2 Å². The number of nitrogens with zero attached hydrogens (tertiary/aromatic N) is 2. The summed E-state index contributed by atoms with van der Waals surface area (Å²) >= 11 is 6.57. The Morgan fingerprint density at radius 3 is 2.69 bits per heavy atom. The van der Waals surface area contributed by atoms with E-state index in [0.717, 1.165) is 36.1 Å². The molecule has 0 atom stereocenters. The molecular weight excluding hydrogens is 388 g/mol. The molecule has 1 N–H and O–H groups in total. The third-order valence-corrected chi connectivity index (χ3v) is 6.05. The minimum Gasteiger partial charge on any atom is -0.490 e. The number of benzene rings is 2. The summed E-state index contributed by atoms with van der Waals surface area (Å²) in [6, 6.07) is 12.2. The molecule has 1 heterocycles. The highest BCUT2D eigenvalue weighted by molar-refractivity contribution is 6.35. The number of aryl methyl sites for hydroxylation is 2. The van der Waals surface area contributed by atoms with Gasteiger partial charge in [0.25, 0.3) is 0 Å². The zero-order chi connectivity index (χ0) is 20.5. The van der Waals surface area contributed by atoms with Gasteiger partial charge in [0, 0.05) is 25.6 Å². The zero-order valence-electron chi connectivity index (χ0n) is 16.7. The van der Waals surface area contributed by atoms with Crippen molar-refractivity contribution in [2.75, 3.05) is 0 Å². The second-order valence-corrected chi connectivity index (χ2v) is 8.36. The second-order valence-electron chi connectivity index (χ2n) is 7.96. The van der Waals surface area contributed by atoms with Crippen molar-refractivity contribution < 1.29 is 14.6 Å². The van der Waals surface area contributed by atoms with Crippen LogP contribution < -0.4 is 4.74 Å². The van der Waals surface area contributed by atoms with Crippen LogP contribution in [0.15, 0.2) is 36.4 Å². The minimum absolute atomic E-state index is 0.0228. The van der Waals surface area contributed by atoms with Gasteiger partial charge in [-0.1, -0.05) is 41.4 Å². The lowest BCUT2D eigenvalue weighted by molar-refractivity contribution is -0.143. The molecule has 152 valence electrons. The van der Waals surface area contributed by atoms with Gasteiger partial charge < -0.3 is 14.4 Å². The number of carboxylic acids is 1. The fourth-order valence-corrected chi connectivity index (χ4v) is 4.50. The summed E-state index contributed by atoms with van der Waals surface area (Å²) in [6.45, 7) is 2.09. The lowest BCUT2D eigenvalue weighted by Crippen LogP contribution is -2.27. The highest BCUT2D eigenvalue weighted by atomic mass is 35.5. The van der Waals surface area contributed by atoms with Gasteiger partial charge in [0.15, 0.2) is 0 Å². The Morgan fingerprint density at radius 1 is 1.24 bits per heavy atom. The largest absolute Gasteiger partial charge is 0.490 e. The molecule has 2 aromatic carbocycles. The normalized spacial score (nSPS) is 19.4. The number of halogens is 1. The van der Waals surface area contributed by atoms with Gasteiger partial charge in [0.2, 0.25) is 0 Å². The van der Waals surface area contributed by atoms with E-state index in [-0.39, 0.29) is 12.0 Å². The van der Waals surface area contributed by atoms with E-state index in [9.17, 15) is 4.79 Å². The van der Waals surface area contributed by atoms with Crippen LogP contribution in [0.3, 0.4) is 0 Å². The second kappa shape index (κ2) is 8.07. The molecule has 1 aliphatic rings. The van der Waals surface area contributed by atoms with Crippen molar-refractivity contribution in [1.82, 2.24) is 9.55 Å². The third kappa shape index (κ3) is 4.25. The molecular formula is C23H25ClN2O3.